The number of hydrogen-bond donors (Lipinski definition) is 1. The van der Waals surface area contributed by atoms with E-state index in [0.29, 0.717) is 0 Å². The molecule has 90 valence electrons. The summed E-state index contributed by atoms with van der Waals surface area (Å²) in [5, 5.41) is 9.02. The molecule has 0 heterocycles. The molecule has 2 nitrogen and oxygen atoms in total. The van der Waals surface area contributed by atoms with E-state index in [1.54, 1.807) is 0 Å². The second-order valence-electron chi connectivity index (χ2n) is 3.98. The molecule has 0 atom stereocenters. The highest BCUT2D eigenvalue weighted by atomic mass is 79.9. The van der Waals surface area contributed by atoms with Crippen LogP contribution in [0.3, 0.4) is 0 Å². The van der Waals surface area contributed by atoms with Crippen molar-refractivity contribution < 1.29 is 5.11 Å². The minimum Gasteiger partial charge on any atom is -0.395 e. The van der Waals surface area contributed by atoms with Gasteiger partial charge in [-0.2, -0.15) is 0 Å². The maximum absolute atomic E-state index is 9.02. The number of aliphatic hydroxyl groups excluding tert-OH is 1. The number of unbranched alkanes of at least 4 members (excludes halogenated alkanes) is 1. The summed E-state index contributed by atoms with van der Waals surface area (Å²) in [5.74, 6) is 0. The Hall–Kier alpha value is -0.380. The minimum atomic E-state index is 0.234. The van der Waals surface area contributed by atoms with Gasteiger partial charge in [0, 0.05) is 17.6 Å². The molecule has 0 aromatic heterocycles. The zero-order chi connectivity index (χ0) is 11.8. The summed E-state index contributed by atoms with van der Waals surface area (Å²) in [5.41, 5.74) is 1.29. The smallest absolute Gasteiger partial charge is 0.0558 e. The predicted molar refractivity (Wildman–Crippen MR) is 71.4 cm³/mol. The first kappa shape index (κ1) is 13.7. The Bertz CT molecular complexity index is 304. The summed E-state index contributed by atoms with van der Waals surface area (Å²) in [4.78, 5) is 2.30. The fourth-order valence-corrected chi connectivity index (χ4v) is 2.13. The summed E-state index contributed by atoms with van der Waals surface area (Å²) in [6.07, 6.45) is 2.38. The number of benzene rings is 1. The van der Waals surface area contributed by atoms with Gasteiger partial charge in [-0.3, -0.25) is 4.90 Å². The van der Waals surface area contributed by atoms with Gasteiger partial charge in [-0.05, 0) is 30.7 Å². The lowest BCUT2D eigenvalue weighted by molar-refractivity contribution is 0.188. The minimum absolute atomic E-state index is 0.234. The monoisotopic (exact) mass is 285 g/mol. The summed E-state index contributed by atoms with van der Waals surface area (Å²) < 4.78 is 1.12. The van der Waals surface area contributed by atoms with E-state index in [1.807, 2.05) is 6.07 Å². The number of nitrogens with zero attached hydrogens (tertiary/aromatic N) is 1. The number of halogens is 1. The van der Waals surface area contributed by atoms with Gasteiger partial charge in [0.05, 0.1) is 6.61 Å². The van der Waals surface area contributed by atoms with Gasteiger partial charge in [0.2, 0.25) is 0 Å². The van der Waals surface area contributed by atoms with Crippen molar-refractivity contribution in [1.82, 2.24) is 4.90 Å². The fourth-order valence-electron chi connectivity index (χ4n) is 1.69. The van der Waals surface area contributed by atoms with E-state index < -0.39 is 0 Å². The molecule has 1 N–H and O–H groups in total. The van der Waals surface area contributed by atoms with E-state index in [-0.39, 0.29) is 6.61 Å². The molecule has 0 spiro atoms. The van der Waals surface area contributed by atoms with Crippen LogP contribution in [0, 0.1) is 0 Å². The van der Waals surface area contributed by atoms with E-state index in [1.165, 1.54) is 18.4 Å². The normalized spacial score (nSPS) is 11.0. The maximum atomic E-state index is 9.02. The van der Waals surface area contributed by atoms with Crippen LogP contribution in [0.2, 0.25) is 0 Å². The molecule has 0 saturated carbocycles. The van der Waals surface area contributed by atoms with Gasteiger partial charge in [-0.25, -0.2) is 0 Å². The maximum Gasteiger partial charge on any atom is 0.0558 e. The molecule has 1 aromatic rings. The Balaban J connectivity index is 2.52. The first-order valence-electron chi connectivity index (χ1n) is 5.84. The van der Waals surface area contributed by atoms with Crippen LogP contribution in [0.1, 0.15) is 25.3 Å². The highest BCUT2D eigenvalue weighted by molar-refractivity contribution is 9.10. The Morgan fingerprint density at radius 3 is 2.75 bits per heavy atom. The Labute approximate surface area is 106 Å². The van der Waals surface area contributed by atoms with Crippen LogP contribution in [0.15, 0.2) is 28.7 Å². The lowest BCUT2D eigenvalue weighted by atomic mass is 10.2. The third-order valence-corrected chi connectivity index (χ3v) is 3.03. The molecule has 1 aromatic carbocycles. The van der Waals surface area contributed by atoms with Gasteiger partial charge in [-0.15, -0.1) is 0 Å². The molecule has 0 unspecified atom stereocenters. The molecule has 0 aliphatic heterocycles. The Kier molecular flexibility index (Phi) is 6.69. The van der Waals surface area contributed by atoms with Crippen LogP contribution in [-0.4, -0.2) is 29.7 Å². The van der Waals surface area contributed by atoms with Crippen LogP contribution in [0.25, 0.3) is 0 Å². The molecule has 0 amide bonds. The molecule has 0 aliphatic rings. The van der Waals surface area contributed by atoms with Crippen molar-refractivity contribution in [3.8, 4) is 0 Å². The summed E-state index contributed by atoms with van der Waals surface area (Å²) in [7, 11) is 0. The SMILES string of the molecule is CCCCN(CCO)Cc1cccc(Br)c1. The van der Waals surface area contributed by atoms with Crippen LogP contribution < -0.4 is 0 Å². The van der Waals surface area contributed by atoms with Crippen LogP contribution in [-0.2, 0) is 6.54 Å². The van der Waals surface area contributed by atoms with E-state index in [9.17, 15) is 0 Å². The third-order valence-electron chi connectivity index (χ3n) is 2.54. The molecular weight excluding hydrogens is 266 g/mol. The third kappa shape index (κ3) is 5.10. The lowest BCUT2D eigenvalue weighted by Gasteiger charge is -2.21. The van der Waals surface area contributed by atoms with Crippen molar-refractivity contribution >= 4 is 15.9 Å². The summed E-state index contributed by atoms with van der Waals surface area (Å²) >= 11 is 3.48. The Morgan fingerprint density at radius 1 is 1.31 bits per heavy atom. The second kappa shape index (κ2) is 7.82. The van der Waals surface area contributed by atoms with E-state index in [0.717, 1.165) is 24.1 Å². The molecule has 0 fully saturated rings. The number of aliphatic hydroxyl groups is 1. The van der Waals surface area contributed by atoms with Gasteiger partial charge in [0.1, 0.15) is 0 Å². The van der Waals surface area contributed by atoms with Crippen molar-refractivity contribution in [2.24, 2.45) is 0 Å². The second-order valence-corrected chi connectivity index (χ2v) is 4.90. The predicted octanol–water partition coefficient (Wildman–Crippen LogP) is 3.04. The molecular formula is C13H20BrNO. The molecule has 0 bridgehead atoms. The van der Waals surface area contributed by atoms with Gasteiger partial charge in [0.15, 0.2) is 0 Å². The van der Waals surface area contributed by atoms with Gasteiger partial charge in [-0.1, -0.05) is 41.4 Å². The molecule has 1 rings (SSSR count). The molecule has 0 aliphatic carbocycles. The van der Waals surface area contributed by atoms with Gasteiger partial charge < -0.3 is 5.11 Å². The standard InChI is InChI=1S/C13H20BrNO/c1-2-3-7-15(8-9-16)11-12-5-4-6-13(14)10-12/h4-6,10,16H,2-3,7-9,11H2,1H3. The van der Waals surface area contributed by atoms with E-state index >= 15 is 0 Å². The van der Waals surface area contributed by atoms with Crippen molar-refractivity contribution in [2.75, 3.05) is 19.7 Å². The van der Waals surface area contributed by atoms with Crippen LogP contribution in [0.4, 0.5) is 0 Å². The molecule has 0 radical (unpaired) electrons. The highest BCUT2D eigenvalue weighted by Gasteiger charge is 2.04. The quantitative estimate of drug-likeness (QED) is 0.832. The number of rotatable bonds is 7. The number of hydrogen-bond acceptors (Lipinski definition) is 2. The van der Waals surface area contributed by atoms with Gasteiger partial charge in [0.25, 0.3) is 0 Å². The Morgan fingerprint density at radius 2 is 2.12 bits per heavy atom. The summed E-state index contributed by atoms with van der Waals surface area (Å²) in [6, 6.07) is 8.35. The lowest BCUT2D eigenvalue weighted by Crippen LogP contribution is -2.27. The zero-order valence-corrected chi connectivity index (χ0v) is 11.4. The zero-order valence-electron chi connectivity index (χ0n) is 9.82. The molecule has 0 saturated heterocycles. The van der Waals surface area contributed by atoms with Crippen molar-refractivity contribution in [2.45, 2.75) is 26.3 Å². The first-order chi connectivity index (χ1) is 7.76. The molecule has 16 heavy (non-hydrogen) atoms. The topological polar surface area (TPSA) is 23.5 Å². The fraction of sp³-hybridized carbons (Fsp3) is 0.538. The van der Waals surface area contributed by atoms with Crippen LogP contribution >= 0.6 is 15.9 Å². The first-order valence-corrected chi connectivity index (χ1v) is 6.63. The average molecular weight is 286 g/mol. The highest BCUT2D eigenvalue weighted by Crippen LogP contribution is 2.13. The molecule has 3 heteroatoms. The van der Waals surface area contributed by atoms with Crippen molar-refractivity contribution in [3.05, 3.63) is 34.3 Å². The van der Waals surface area contributed by atoms with Crippen molar-refractivity contribution in [1.29, 1.82) is 0 Å². The van der Waals surface area contributed by atoms with E-state index in [4.69, 9.17) is 5.11 Å². The van der Waals surface area contributed by atoms with Crippen LogP contribution in [0.5, 0.6) is 0 Å². The average Bonchev–Trinajstić information content (AvgIpc) is 2.26. The van der Waals surface area contributed by atoms with Gasteiger partial charge >= 0.3 is 0 Å². The largest absolute Gasteiger partial charge is 0.395 e. The van der Waals surface area contributed by atoms with Crippen molar-refractivity contribution in [3.63, 3.8) is 0 Å². The van der Waals surface area contributed by atoms with E-state index in [2.05, 4.69) is 46.0 Å². The summed E-state index contributed by atoms with van der Waals surface area (Å²) in [6.45, 7) is 5.16.